The third-order valence-corrected chi connectivity index (χ3v) is 6.72. The van der Waals surface area contributed by atoms with E-state index >= 15 is 8.78 Å². The van der Waals surface area contributed by atoms with E-state index in [1.165, 1.54) is 6.07 Å². The summed E-state index contributed by atoms with van der Waals surface area (Å²) in [5.41, 5.74) is 3.23. The molecule has 3 aromatic carbocycles. The second-order valence-electron chi connectivity index (χ2n) is 9.05. The van der Waals surface area contributed by atoms with Gasteiger partial charge in [-0.15, -0.1) is 0 Å². The lowest BCUT2D eigenvalue weighted by Crippen LogP contribution is -2.13. The monoisotopic (exact) mass is 476 g/mol. The van der Waals surface area contributed by atoms with E-state index in [4.69, 9.17) is 4.74 Å². The summed E-state index contributed by atoms with van der Waals surface area (Å²) in [5, 5.41) is 0. The highest BCUT2D eigenvalue weighted by Crippen LogP contribution is 2.39. The Morgan fingerprint density at radius 3 is 2.20 bits per heavy atom. The fourth-order valence-electron chi connectivity index (χ4n) is 4.83. The van der Waals surface area contributed by atoms with Gasteiger partial charge < -0.3 is 4.74 Å². The van der Waals surface area contributed by atoms with Crippen molar-refractivity contribution in [2.45, 2.75) is 45.4 Å². The number of allylic oxidation sites excluding steroid dienone is 2. The Morgan fingerprint density at radius 2 is 1.54 bits per heavy atom. The zero-order valence-corrected chi connectivity index (χ0v) is 20.2. The van der Waals surface area contributed by atoms with E-state index in [-0.39, 0.29) is 23.0 Å². The summed E-state index contributed by atoms with van der Waals surface area (Å²) in [5.74, 6) is -1.28. The molecule has 0 heterocycles. The molecule has 1 aliphatic carbocycles. The van der Waals surface area contributed by atoms with Gasteiger partial charge in [0.05, 0.1) is 6.61 Å². The largest absolute Gasteiger partial charge is 0.491 e. The molecular weight excluding hydrogens is 445 g/mol. The molecule has 0 saturated heterocycles. The minimum absolute atomic E-state index is 0.00295. The number of hydrogen-bond acceptors (Lipinski definition) is 1. The maximum absolute atomic E-state index is 15.1. The second-order valence-corrected chi connectivity index (χ2v) is 9.05. The Kier molecular flexibility index (Phi) is 8.12. The van der Waals surface area contributed by atoms with Crippen LogP contribution in [0.2, 0.25) is 0 Å². The Labute approximate surface area is 206 Å². The fourth-order valence-corrected chi connectivity index (χ4v) is 4.83. The molecule has 1 fully saturated rings. The predicted molar refractivity (Wildman–Crippen MR) is 138 cm³/mol. The number of ether oxygens (including phenoxy) is 1. The summed E-state index contributed by atoms with van der Waals surface area (Å²) in [4.78, 5) is 0. The first-order valence-corrected chi connectivity index (χ1v) is 12.3. The molecule has 182 valence electrons. The molecule has 0 atom stereocenters. The van der Waals surface area contributed by atoms with Crippen molar-refractivity contribution in [2.24, 2.45) is 5.92 Å². The van der Waals surface area contributed by atoms with Gasteiger partial charge in [0, 0.05) is 5.56 Å². The Balaban J connectivity index is 1.40. The van der Waals surface area contributed by atoms with Crippen molar-refractivity contribution in [2.75, 3.05) is 6.61 Å². The maximum Gasteiger partial charge on any atom is 0.166 e. The van der Waals surface area contributed by atoms with Crippen LogP contribution < -0.4 is 4.74 Å². The smallest absolute Gasteiger partial charge is 0.166 e. The van der Waals surface area contributed by atoms with Gasteiger partial charge in [-0.05, 0) is 85.8 Å². The van der Waals surface area contributed by atoms with Crippen LogP contribution in [0, 0.1) is 23.4 Å². The van der Waals surface area contributed by atoms with Gasteiger partial charge in [0.25, 0.3) is 0 Å². The van der Waals surface area contributed by atoms with Crippen LogP contribution in [0.15, 0.2) is 66.7 Å². The van der Waals surface area contributed by atoms with Crippen molar-refractivity contribution >= 4 is 12.2 Å². The molecule has 0 bridgehead atoms. The highest BCUT2D eigenvalue weighted by Gasteiger charge is 2.25. The van der Waals surface area contributed by atoms with E-state index in [1.54, 1.807) is 18.2 Å². The molecule has 0 N–H and O–H groups in total. The highest BCUT2D eigenvalue weighted by molar-refractivity contribution is 5.67. The van der Waals surface area contributed by atoms with E-state index in [9.17, 15) is 4.39 Å². The molecule has 4 rings (SSSR count). The third kappa shape index (κ3) is 5.87. The van der Waals surface area contributed by atoms with E-state index in [1.807, 2.05) is 62.4 Å². The van der Waals surface area contributed by atoms with Gasteiger partial charge in [0.1, 0.15) is 0 Å². The van der Waals surface area contributed by atoms with Crippen LogP contribution in [0.1, 0.15) is 62.1 Å². The number of halogens is 3. The summed E-state index contributed by atoms with van der Waals surface area (Å²) in [6.07, 6.45) is 11.3. The molecule has 0 aromatic heterocycles. The highest BCUT2D eigenvalue weighted by atomic mass is 19.2. The van der Waals surface area contributed by atoms with Crippen molar-refractivity contribution in [3.63, 3.8) is 0 Å². The van der Waals surface area contributed by atoms with Crippen molar-refractivity contribution in [1.29, 1.82) is 0 Å². The quantitative estimate of drug-likeness (QED) is 0.330. The average molecular weight is 477 g/mol. The van der Waals surface area contributed by atoms with Gasteiger partial charge >= 0.3 is 0 Å². The summed E-state index contributed by atoms with van der Waals surface area (Å²) in [6, 6.07) is 15.8. The van der Waals surface area contributed by atoms with Crippen molar-refractivity contribution < 1.29 is 17.9 Å². The van der Waals surface area contributed by atoms with Gasteiger partial charge in [0.2, 0.25) is 0 Å². The van der Waals surface area contributed by atoms with Crippen LogP contribution >= 0.6 is 0 Å². The first-order valence-electron chi connectivity index (χ1n) is 12.3. The first-order chi connectivity index (χ1) is 17.0. The lowest BCUT2D eigenvalue weighted by molar-refractivity contribution is 0.321. The van der Waals surface area contributed by atoms with E-state index in [0.717, 1.165) is 36.8 Å². The summed E-state index contributed by atoms with van der Waals surface area (Å²) < 4.78 is 49.4. The molecule has 0 spiro atoms. The Morgan fingerprint density at radius 1 is 0.829 bits per heavy atom. The third-order valence-electron chi connectivity index (χ3n) is 6.72. The van der Waals surface area contributed by atoms with Crippen LogP contribution in [0.4, 0.5) is 13.2 Å². The molecule has 1 saturated carbocycles. The van der Waals surface area contributed by atoms with E-state index in [0.29, 0.717) is 23.7 Å². The normalized spacial score (nSPS) is 18.4. The van der Waals surface area contributed by atoms with Crippen molar-refractivity contribution in [3.05, 3.63) is 101 Å². The first kappa shape index (κ1) is 24.8. The molecule has 3 aromatic rings. The van der Waals surface area contributed by atoms with Gasteiger partial charge in [0.15, 0.2) is 23.2 Å². The fraction of sp³-hybridized carbons (Fsp3) is 0.290. The SMILES string of the molecule is C/C=C/c1ccc(-c2ccc(C3CCC(/C=C/c4ccc(OCC)c(F)c4)CC3)c(F)c2F)cc1. The maximum atomic E-state index is 15.1. The molecule has 35 heavy (non-hydrogen) atoms. The van der Waals surface area contributed by atoms with Crippen molar-refractivity contribution in [1.82, 2.24) is 0 Å². The van der Waals surface area contributed by atoms with Crippen LogP contribution in [0.25, 0.3) is 23.3 Å². The summed E-state index contributed by atoms with van der Waals surface area (Å²) in [6.45, 7) is 4.18. The molecule has 1 nitrogen and oxygen atoms in total. The van der Waals surface area contributed by atoms with Gasteiger partial charge in [-0.2, -0.15) is 0 Å². The molecule has 0 radical (unpaired) electrons. The van der Waals surface area contributed by atoms with Crippen LogP contribution in [-0.4, -0.2) is 6.61 Å². The van der Waals surface area contributed by atoms with Gasteiger partial charge in [-0.3, -0.25) is 0 Å². The minimum atomic E-state index is -0.777. The van der Waals surface area contributed by atoms with Gasteiger partial charge in [-0.1, -0.05) is 66.8 Å². The minimum Gasteiger partial charge on any atom is -0.491 e. The Hall–Kier alpha value is -3.27. The van der Waals surface area contributed by atoms with Crippen molar-refractivity contribution in [3.8, 4) is 16.9 Å². The Bertz CT molecular complexity index is 1200. The van der Waals surface area contributed by atoms with Crippen LogP contribution in [0.5, 0.6) is 5.75 Å². The summed E-state index contributed by atoms with van der Waals surface area (Å²) >= 11 is 0. The molecule has 0 amide bonds. The summed E-state index contributed by atoms with van der Waals surface area (Å²) in [7, 11) is 0. The topological polar surface area (TPSA) is 9.23 Å². The standard InChI is InChI=1S/C31H31F3O/c1-3-5-21-8-13-24(14-9-21)26-17-18-27(31(34)30(26)33)25-15-10-22(11-16-25)6-7-23-12-19-29(35-4-2)28(32)20-23/h3,5-9,12-14,17-20,22,25H,4,10-11,15-16H2,1-2H3/b5-3+,7-6+. The molecular formula is C31H31F3O. The van der Waals surface area contributed by atoms with Gasteiger partial charge in [-0.25, -0.2) is 13.2 Å². The van der Waals surface area contributed by atoms with Crippen LogP contribution in [-0.2, 0) is 0 Å². The lowest BCUT2D eigenvalue weighted by atomic mass is 9.78. The zero-order valence-electron chi connectivity index (χ0n) is 20.2. The molecule has 0 unspecified atom stereocenters. The number of rotatable bonds is 7. The molecule has 1 aliphatic rings. The number of benzene rings is 3. The van der Waals surface area contributed by atoms with E-state index in [2.05, 4.69) is 6.08 Å². The molecule has 4 heteroatoms. The van der Waals surface area contributed by atoms with Crippen LogP contribution in [0.3, 0.4) is 0 Å². The average Bonchev–Trinajstić information content (AvgIpc) is 2.87. The zero-order chi connectivity index (χ0) is 24.8. The number of hydrogen-bond donors (Lipinski definition) is 0. The van der Waals surface area contributed by atoms with E-state index < -0.39 is 11.6 Å². The molecule has 0 aliphatic heterocycles. The second kappa shape index (κ2) is 11.4. The lowest BCUT2D eigenvalue weighted by Gasteiger charge is -2.27. The predicted octanol–water partition coefficient (Wildman–Crippen LogP) is 9.19.